The first-order chi connectivity index (χ1) is 12.0. The zero-order valence-electron chi connectivity index (χ0n) is 14.8. The van der Waals surface area contributed by atoms with E-state index in [-0.39, 0.29) is 18.0 Å². The van der Waals surface area contributed by atoms with Gasteiger partial charge in [-0.1, -0.05) is 24.3 Å². The molecule has 0 radical (unpaired) electrons. The quantitative estimate of drug-likeness (QED) is 0.870. The van der Waals surface area contributed by atoms with Crippen molar-refractivity contribution in [1.29, 1.82) is 0 Å². The van der Waals surface area contributed by atoms with E-state index in [0.717, 1.165) is 35.3 Å². The van der Waals surface area contributed by atoms with Crippen LogP contribution in [-0.2, 0) is 17.6 Å². The number of benzene rings is 2. The van der Waals surface area contributed by atoms with Crippen molar-refractivity contribution in [3.63, 3.8) is 0 Å². The number of aryl methyl sites for hydroxylation is 2. The molecular weight excluding hydrogens is 314 g/mol. The molecular formula is C20H23N3O2. The number of nitrogens with zero attached hydrogens (tertiary/aromatic N) is 1. The first kappa shape index (κ1) is 17.0. The van der Waals surface area contributed by atoms with Gasteiger partial charge in [-0.25, -0.2) is 4.79 Å². The Morgan fingerprint density at radius 2 is 1.68 bits per heavy atom. The zero-order valence-corrected chi connectivity index (χ0v) is 14.8. The van der Waals surface area contributed by atoms with Gasteiger partial charge in [0.05, 0.1) is 11.4 Å². The van der Waals surface area contributed by atoms with E-state index in [1.165, 1.54) is 0 Å². The van der Waals surface area contributed by atoms with Gasteiger partial charge in [0.25, 0.3) is 0 Å². The van der Waals surface area contributed by atoms with Crippen molar-refractivity contribution < 1.29 is 9.59 Å². The maximum Gasteiger partial charge on any atom is 0.319 e. The van der Waals surface area contributed by atoms with Crippen molar-refractivity contribution in [2.45, 2.75) is 39.7 Å². The lowest BCUT2D eigenvalue weighted by Crippen LogP contribution is -2.34. The Bertz CT molecular complexity index is 814. The first-order valence-electron chi connectivity index (χ1n) is 8.54. The van der Waals surface area contributed by atoms with Crippen molar-refractivity contribution in [3.05, 3.63) is 53.6 Å². The number of carbonyl (C=O) groups excluding carboxylic acids is 2. The molecule has 130 valence electrons. The van der Waals surface area contributed by atoms with Crippen molar-refractivity contribution in [3.8, 4) is 0 Å². The Morgan fingerprint density at radius 1 is 1.00 bits per heavy atom. The number of nitrogens with one attached hydrogen (secondary N) is 2. The summed E-state index contributed by atoms with van der Waals surface area (Å²) in [6, 6.07) is 13.5. The van der Waals surface area contributed by atoms with Gasteiger partial charge in [0.1, 0.15) is 0 Å². The topological polar surface area (TPSA) is 61.4 Å². The highest BCUT2D eigenvalue weighted by atomic mass is 16.2. The van der Waals surface area contributed by atoms with Crippen LogP contribution in [0.5, 0.6) is 0 Å². The molecule has 1 aliphatic heterocycles. The van der Waals surface area contributed by atoms with E-state index in [1.807, 2.05) is 50.2 Å². The summed E-state index contributed by atoms with van der Waals surface area (Å²) >= 11 is 0. The zero-order chi connectivity index (χ0) is 18.0. The maximum atomic E-state index is 12.4. The number of hydrogen-bond acceptors (Lipinski definition) is 2. The van der Waals surface area contributed by atoms with Crippen molar-refractivity contribution in [2.24, 2.45) is 0 Å². The molecule has 5 heteroatoms. The second-order valence-electron chi connectivity index (χ2n) is 6.58. The summed E-state index contributed by atoms with van der Waals surface area (Å²) in [6.07, 6.45) is 1.74. The van der Waals surface area contributed by atoms with Crippen LogP contribution in [-0.4, -0.2) is 18.0 Å². The second-order valence-corrected chi connectivity index (χ2v) is 6.58. The number of anilines is 3. The van der Waals surface area contributed by atoms with E-state index in [1.54, 1.807) is 11.8 Å². The van der Waals surface area contributed by atoms with Crippen LogP contribution >= 0.6 is 0 Å². The Kier molecular flexibility index (Phi) is 4.74. The summed E-state index contributed by atoms with van der Waals surface area (Å²) in [6.45, 7) is 5.38. The monoisotopic (exact) mass is 337 g/mol. The number of rotatable bonds is 2. The number of urea groups is 1. The number of amides is 3. The third-order valence-electron chi connectivity index (χ3n) is 4.21. The molecule has 0 atom stereocenters. The Morgan fingerprint density at radius 3 is 2.36 bits per heavy atom. The molecule has 1 heterocycles. The average Bonchev–Trinajstić information content (AvgIpc) is 2.70. The van der Waals surface area contributed by atoms with Crippen LogP contribution in [0.2, 0.25) is 0 Å². The molecule has 3 amide bonds. The Labute approximate surface area is 148 Å². The molecule has 0 spiro atoms. The molecule has 2 aromatic carbocycles. The highest BCUT2D eigenvalue weighted by molar-refractivity contribution is 6.02. The molecule has 0 unspecified atom stereocenters. The molecule has 2 N–H and O–H groups in total. The van der Waals surface area contributed by atoms with E-state index in [9.17, 15) is 9.59 Å². The minimum atomic E-state index is -0.252. The third-order valence-corrected chi connectivity index (χ3v) is 4.21. The van der Waals surface area contributed by atoms with E-state index >= 15 is 0 Å². The minimum absolute atomic E-state index is 0.0422. The third kappa shape index (κ3) is 3.65. The molecule has 1 aliphatic rings. The van der Waals surface area contributed by atoms with Crippen LogP contribution in [0.25, 0.3) is 0 Å². The van der Waals surface area contributed by atoms with E-state index in [0.29, 0.717) is 5.69 Å². The van der Waals surface area contributed by atoms with Crippen LogP contribution in [0, 0.1) is 0 Å². The van der Waals surface area contributed by atoms with Gasteiger partial charge < -0.3 is 10.6 Å². The smallest absolute Gasteiger partial charge is 0.319 e. The molecule has 0 aliphatic carbocycles. The van der Waals surface area contributed by atoms with E-state index in [2.05, 4.69) is 16.7 Å². The molecule has 0 bridgehead atoms. The molecule has 5 nitrogen and oxygen atoms in total. The molecule has 2 aromatic rings. The van der Waals surface area contributed by atoms with Gasteiger partial charge in [0.2, 0.25) is 5.91 Å². The van der Waals surface area contributed by atoms with Gasteiger partial charge in [-0.15, -0.1) is 0 Å². The van der Waals surface area contributed by atoms with Gasteiger partial charge in [-0.3, -0.25) is 9.69 Å². The molecule has 0 fully saturated rings. The Hall–Kier alpha value is -2.82. The summed E-state index contributed by atoms with van der Waals surface area (Å²) in [5.74, 6) is -0.0422. The van der Waals surface area contributed by atoms with Crippen molar-refractivity contribution in [2.75, 3.05) is 10.2 Å². The average molecular weight is 337 g/mol. The maximum absolute atomic E-state index is 12.4. The van der Waals surface area contributed by atoms with E-state index in [4.69, 9.17) is 0 Å². The number of fused-ring (bicyclic) bond motifs is 2. The van der Waals surface area contributed by atoms with E-state index < -0.39 is 0 Å². The van der Waals surface area contributed by atoms with Gasteiger partial charge in [-0.05, 0) is 56.0 Å². The largest absolute Gasteiger partial charge is 0.336 e. The summed E-state index contributed by atoms with van der Waals surface area (Å²) < 4.78 is 0. The molecule has 25 heavy (non-hydrogen) atoms. The lowest BCUT2D eigenvalue weighted by Gasteiger charge is -2.24. The highest BCUT2D eigenvalue weighted by Gasteiger charge is 2.23. The molecule has 3 rings (SSSR count). The highest BCUT2D eigenvalue weighted by Crippen LogP contribution is 2.37. The van der Waals surface area contributed by atoms with Crippen LogP contribution in [0.3, 0.4) is 0 Å². The predicted molar refractivity (Wildman–Crippen MR) is 100 cm³/mol. The normalized spacial score (nSPS) is 12.9. The van der Waals surface area contributed by atoms with Crippen molar-refractivity contribution >= 4 is 29.0 Å². The molecule has 0 saturated carbocycles. The summed E-state index contributed by atoms with van der Waals surface area (Å²) in [7, 11) is 0. The van der Waals surface area contributed by atoms with Gasteiger partial charge >= 0.3 is 6.03 Å². The fourth-order valence-corrected chi connectivity index (χ4v) is 3.17. The van der Waals surface area contributed by atoms with Crippen LogP contribution < -0.4 is 15.5 Å². The van der Waals surface area contributed by atoms with Crippen LogP contribution in [0.15, 0.2) is 42.5 Å². The lowest BCUT2D eigenvalue weighted by atomic mass is 10.0. The standard InChI is InChI=1S/C20H23N3O2/c1-13(2)21-20(25)22-17-11-10-16-9-8-15-6-4-5-7-18(15)23(14(3)24)19(16)12-17/h4-7,10-13H,8-9H2,1-3H3,(H2,21,22,25). The summed E-state index contributed by atoms with van der Waals surface area (Å²) in [5, 5.41) is 5.64. The fraction of sp³-hybridized carbons (Fsp3) is 0.300. The molecule has 0 aromatic heterocycles. The predicted octanol–water partition coefficient (Wildman–Crippen LogP) is 4.00. The minimum Gasteiger partial charge on any atom is -0.336 e. The Balaban J connectivity index is 2.00. The van der Waals surface area contributed by atoms with Gasteiger partial charge in [0.15, 0.2) is 0 Å². The number of carbonyl (C=O) groups is 2. The lowest BCUT2D eigenvalue weighted by molar-refractivity contribution is -0.115. The second kappa shape index (κ2) is 6.97. The van der Waals surface area contributed by atoms with Crippen LogP contribution in [0.1, 0.15) is 31.9 Å². The summed E-state index contributed by atoms with van der Waals surface area (Å²) in [5.41, 5.74) is 4.67. The SMILES string of the molecule is CC(=O)N1c2ccccc2CCc2ccc(NC(=O)NC(C)C)cc21. The number of para-hydroxylation sites is 1. The summed E-state index contributed by atoms with van der Waals surface area (Å²) in [4.78, 5) is 26.1. The fourth-order valence-electron chi connectivity index (χ4n) is 3.17. The van der Waals surface area contributed by atoms with Gasteiger partial charge in [0, 0.05) is 18.7 Å². The molecule has 0 saturated heterocycles. The number of hydrogen-bond donors (Lipinski definition) is 2. The van der Waals surface area contributed by atoms with Gasteiger partial charge in [-0.2, -0.15) is 0 Å². The van der Waals surface area contributed by atoms with Crippen LogP contribution in [0.4, 0.5) is 21.9 Å². The first-order valence-corrected chi connectivity index (χ1v) is 8.54. The van der Waals surface area contributed by atoms with Crippen molar-refractivity contribution in [1.82, 2.24) is 5.32 Å².